The number of H-pyrrole nitrogens is 1. The first kappa shape index (κ1) is 13.4. The van der Waals surface area contributed by atoms with E-state index < -0.39 is 6.10 Å². The molecule has 0 saturated carbocycles. The van der Waals surface area contributed by atoms with Crippen LogP contribution in [0.2, 0.25) is 0 Å². The molecular weight excluding hydrogens is 242 g/mol. The Morgan fingerprint density at radius 1 is 1.53 bits per heavy atom. The highest BCUT2D eigenvalue weighted by Gasteiger charge is 2.15. The fourth-order valence-electron chi connectivity index (χ4n) is 1.98. The van der Waals surface area contributed by atoms with Crippen LogP contribution in [0.4, 0.5) is 5.69 Å². The largest absolute Gasteiger partial charge is 0.397 e. The summed E-state index contributed by atoms with van der Waals surface area (Å²) in [6.45, 7) is 2.23. The number of nitrogens with zero attached hydrogens (tertiary/aromatic N) is 1. The molecule has 0 radical (unpaired) electrons. The van der Waals surface area contributed by atoms with Crippen molar-refractivity contribution in [2.45, 2.75) is 19.4 Å². The average Bonchev–Trinajstić information content (AvgIpc) is 2.80. The van der Waals surface area contributed by atoms with Crippen molar-refractivity contribution in [1.82, 2.24) is 9.88 Å². The summed E-state index contributed by atoms with van der Waals surface area (Å²) >= 11 is 0. The van der Waals surface area contributed by atoms with Gasteiger partial charge in [0.15, 0.2) is 0 Å². The highest BCUT2D eigenvalue weighted by molar-refractivity contribution is 6.00. The second-order valence-electron chi connectivity index (χ2n) is 4.86. The molecule has 0 fully saturated rings. The number of aromatic amines is 1. The van der Waals surface area contributed by atoms with Gasteiger partial charge in [-0.1, -0.05) is 12.1 Å². The van der Waals surface area contributed by atoms with Crippen LogP contribution in [0.15, 0.2) is 24.3 Å². The zero-order chi connectivity index (χ0) is 14.0. The number of aliphatic hydroxyl groups excluding tert-OH is 1. The first-order valence-corrected chi connectivity index (χ1v) is 6.30. The number of rotatable bonds is 4. The van der Waals surface area contributed by atoms with Gasteiger partial charge in [0, 0.05) is 19.0 Å². The number of anilines is 1. The lowest BCUT2D eigenvalue weighted by Crippen LogP contribution is -2.29. The van der Waals surface area contributed by atoms with Gasteiger partial charge in [0.2, 0.25) is 0 Å². The summed E-state index contributed by atoms with van der Waals surface area (Å²) < 4.78 is 0. The molecule has 1 atom stereocenters. The predicted molar refractivity (Wildman–Crippen MR) is 76.0 cm³/mol. The van der Waals surface area contributed by atoms with Gasteiger partial charge >= 0.3 is 0 Å². The molecule has 102 valence electrons. The monoisotopic (exact) mass is 261 g/mol. The minimum atomic E-state index is -0.409. The Labute approximate surface area is 112 Å². The minimum Gasteiger partial charge on any atom is -0.397 e. The number of fused-ring (bicyclic) bond motifs is 1. The first-order valence-electron chi connectivity index (χ1n) is 6.30. The van der Waals surface area contributed by atoms with Crippen LogP contribution in [-0.4, -0.2) is 40.6 Å². The van der Waals surface area contributed by atoms with Gasteiger partial charge < -0.3 is 20.7 Å². The van der Waals surface area contributed by atoms with Crippen LogP contribution in [0.25, 0.3) is 10.9 Å². The molecule has 4 N–H and O–H groups in total. The second-order valence-corrected chi connectivity index (χ2v) is 4.86. The number of nitrogen functional groups attached to an aromatic ring is 1. The van der Waals surface area contributed by atoms with Crippen LogP contribution < -0.4 is 5.73 Å². The smallest absolute Gasteiger partial charge is 0.270 e. The maximum absolute atomic E-state index is 12.2. The second kappa shape index (κ2) is 5.32. The number of carbonyl (C=O) groups excluding carboxylic acids is 1. The summed E-state index contributed by atoms with van der Waals surface area (Å²) in [5.41, 5.74) is 7.78. The number of para-hydroxylation sites is 1. The van der Waals surface area contributed by atoms with E-state index in [1.807, 2.05) is 12.1 Å². The summed E-state index contributed by atoms with van der Waals surface area (Å²) in [5.74, 6) is -0.101. The van der Waals surface area contributed by atoms with E-state index in [1.54, 1.807) is 31.0 Å². The Morgan fingerprint density at radius 2 is 2.26 bits per heavy atom. The molecule has 2 aromatic rings. The third kappa shape index (κ3) is 2.88. The van der Waals surface area contributed by atoms with Crippen LogP contribution in [0.3, 0.4) is 0 Å². The molecule has 1 unspecified atom stereocenters. The average molecular weight is 261 g/mol. The topological polar surface area (TPSA) is 82.3 Å². The predicted octanol–water partition coefficient (Wildman–Crippen LogP) is 1.59. The van der Waals surface area contributed by atoms with Crippen molar-refractivity contribution in [2.24, 2.45) is 0 Å². The van der Waals surface area contributed by atoms with Crippen molar-refractivity contribution in [1.29, 1.82) is 0 Å². The van der Waals surface area contributed by atoms with Crippen molar-refractivity contribution in [3.63, 3.8) is 0 Å². The number of benzene rings is 1. The highest BCUT2D eigenvalue weighted by atomic mass is 16.3. The third-order valence-corrected chi connectivity index (χ3v) is 3.15. The van der Waals surface area contributed by atoms with Crippen molar-refractivity contribution < 1.29 is 9.90 Å². The van der Waals surface area contributed by atoms with Gasteiger partial charge in [-0.25, -0.2) is 0 Å². The van der Waals surface area contributed by atoms with Crippen LogP contribution in [-0.2, 0) is 0 Å². The Balaban J connectivity index is 2.19. The Bertz CT molecular complexity index is 589. The summed E-state index contributed by atoms with van der Waals surface area (Å²) in [7, 11) is 1.72. The van der Waals surface area contributed by atoms with Gasteiger partial charge in [-0.15, -0.1) is 0 Å². The molecule has 1 aromatic heterocycles. The number of carbonyl (C=O) groups is 1. The lowest BCUT2D eigenvalue weighted by atomic mass is 10.2. The molecule has 0 saturated heterocycles. The van der Waals surface area contributed by atoms with Crippen molar-refractivity contribution in [3.05, 3.63) is 30.0 Å². The molecule has 19 heavy (non-hydrogen) atoms. The lowest BCUT2D eigenvalue weighted by molar-refractivity contribution is 0.0764. The Hall–Kier alpha value is -2.01. The molecule has 0 spiro atoms. The van der Waals surface area contributed by atoms with E-state index in [9.17, 15) is 9.90 Å². The van der Waals surface area contributed by atoms with Gasteiger partial charge in [0.25, 0.3) is 5.91 Å². The molecular formula is C14H19N3O2. The van der Waals surface area contributed by atoms with E-state index in [2.05, 4.69) is 4.98 Å². The van der Waals surface area contributed by atoms with E-state index in [0.717, 1.165) is 10.9 Å². The molecule has 2 rings (SSSR count). The van der Waals surface area contributed by atoms with E-state index in [4.69, 9.17) is 5.73 Å². The summed E-state index contributed by atoms with van der Waals surface area (Å²) in [6, 6.07) is 7.36. The van der Waals surface area contributed by atoms with E-state index >= 15 is 0 Å². The van der Waals surface area contributed by atoms with Crippen LogP contribution >= 0.6 is 0 Å². The third-order valence-electron chi connectivity index (χ3n) is 3.15. The van der Waals surface area contributed by atoms with Crippen LogP contribution in [0, 0.1) is 0 Å². The quantitative estimate of drug-likeness (QED) is 0.731. The van der Waals surface area contributed by atoms with Gasteiger partial charge in [0.05, 0.1) is 17.3 Å². The standard InChI is InChI=1S/C14H19N3O2/c1-9(18)6-7-17(2)14(19)12-8-10-4-3-5-11(15)13(10)16-12/h3-5,8-9,16,18H,6-7,15H2,1-2H3. The number of nitrogens with two attached hydrogens (primary N) is 1. The van der Waals surface area contributed by atoms with E-state index in [1.165, 1.54) is 0 Å². The number of amides is 1. The van der Waals surface area contributed by atoms with Crippen molar-refractivity contribution in [3.8, 4) is 0 Å². The lowest BCUT2D eigenvalue weighted by Gasteiger charge is -2.17. The number of nitrogens with one attached hydrogen (secondary N) is 1. The summed E-state index contributed by atoms with van der Waals surface area (Å²) in [5, 5.41) is 10.2. The molecule has 5 nitrogen and oxygen atoms in total. The Kier molecular flexibility index (Phi) is 3.76. The molecule has 1 aromatic carbocycles. The molecule has 0 aliphatic heterocycles. The van der Waals surface area contributed by atoms with Crippen LogP contribution in [0.5, 0.6) is 0 Å². The highest BCUT2D eigenvalue weighted by Crippen LogP contribution is 2.21. The normalized spacial score (nSPS) is 12.6. The van der Waals surface area contributed by atoms with Crippen molar-refractivity contribution >= 4 is 22.5 Å². The van der Waals surface area contributed by atoms with Crippen molar-refractivity contribution in [2.75, 3.05) is 19.3 Å². The zero-order valence-corrected chi connectivity index (χ0v) is 11.2. The summed E-state index contributed by atoms with van der Waals surface area (Å²) in [4.78, 5) is 16.9. The molecule has 0 aliphatic carbocycles. The number of aromatic nitrogens is 1. The van der Waals surface area contributed by atoms with Gasteiger partial charge in [-0.2, -0.15) is 0 Å². The van der Waals surface area contributed by atoms with Gasteiger partial charge in [-0.05, 0) is 25.5 Å². The summed E-state index contributed by atoms with van der Waals surface area (Å²) in [6.07, 6.45) is 0.151. The van der Waals surface area contributed by atoms with Gasteiger partial charge in [0.1, 0.15) is 5.69 Å². The molecule has 1 heterocycles. The molecule has 1 amide bonds. The fourth-order valence-corrected chi connectivity index (χ4v) is 1.98. The van der Waals surface area contributed by atoms with Crippen LogP contribution in [0.1, 0.15) is 23.8 Å². The SMILES string of the molecule is CC(O)CCN(C)C(=O)c1cc2cccc(N)c2[nH]1. The molecule has 0 bridgehead atoms. The molecule has 0 aliphatic rings. The number of hydrogen-bond acceptors (Lipinski definition) is 3. The van der Waals surface area contributed by atoms with E-state index in [0.29, 0.717) is 24.3 Å². The maximum Gasteiger partial charge on any atom is 0.270 e. The van der Waals surface area contributed by atoms with E-state index in [-0.39, 0.29) is 5.91 Å². The number of hydrogen-bond donors (Lipinski definition) is 3. The zero-order valence-electron chi connectivity index (χ0n) is 11.2. The van der Waals surface area contributed by atoms with Gasteiger partial charge in [-0.3, -0.25) is 4.79 Å². The minimum absolute atomic E-state index is 0.101. The number of aliphatic hydroxyl groups is 1. The fraction of sp³-hybridized carbons (Fsp3) is 0.357. The Morgan fingerprint density at radius 3 is 2.89 bits per heavy atom. The first-order chi connectivity index (χ1) is 8.99. The molecule has 5 heteroatoms. The maximum atomic E-state index is 12.2.